The molecule has 1 N–H and O–H groups in total. The van der Waals surface area contributed by atoms with E-state index in [-0.39, 0.29) is 5.69 Å². The van der Waals surface area contributed by atoms with Gasteiger partial charge < -0.3 is 14.9 Å². The molecule has 7 heteroatoms. The Bertz CT molecular complexity index is 635. The number of aromatic carboxylic acids is 1. The number of thiazole rings is 1. The van der Waals surface area contributed by atoms with Gasteiger partial charge in [0, 0.05) is 31.2 Å². The lowest BCUT2D eigenvalue weighted by Gasteiger charge is -2.26. The fourth-order valence-corrected chi connectivity index (χ4v) is 3.56. The number of fused-ring (bicyclic) bond motifs is 1. The van der Waals surface area contributed by atoms with Crippen molar-refractivity contribution < 1.29 is 9.90 Å². The molecule has 108 valence electrons. The molecule has 0 spiro atoms. The van der Waals surface area contributed by atoms with Gasteiger partial charge in [0.05, 0.1) is 0 Å². The first-order valence-corrected chi connectivity index (χ1v) is 7.56. The number of anilines is 1. The molecule has 0 saturated carbocycles. The van der Waals surface area contributed by atoms with Crippen LogP contribution in [-0.4, -0.2) is 58.6 Å². The summed E-state index contributed by atoms with van der Waals surface area (Å²) < 4.78 is 1.65. The molecule has 1 fully saturated rings. The van der Waals surface area contributed by atoms with Gasteiger partial charge in [-0.25, -0.2) is 9.78 Å². The van der Waals surface area contributed by atoms with E-state index in [9.17, 15) is 9.90 Å². The Morgan fingerprint density at radius 3 is 3.10 bits per heavy atom. The van der Waals surface area contributed by atoms with Gasteiger partial charge in [0.15, 0.2) is 16.5 Å². The van der Waals surface area contributed by atoms with Gasteiger partial charge in [0.1, 0.15) is 0 Å². The Kier molecular flexibility index (Phi) is 3.39. The molecule has 1 aliphatic heterocycles. The zero-order valence-corrected chi connectivity index (χ0v) is 12.4. The number of carboxylic acids is 1. The molecule has 3 heterocycles. The third-order valence-corrected chi connectivity index (χ3v) is 4.72. The predicted molar refractivity (Wildman–Crippen MR) is 79.0 cm³/mol. The highest BCUT2D eigenvalue weighted by atomic mass is 32.1. The minimum atomic E-state index is -0.933. The van der Waals surface area contributed by atoms with Crippen LogP contribution in [0.3, 0.4) is 0 Å². The van der Waals surface area contributed by atoms with E-state index < -0.39 is 5.97 Å². The molecule has 1 atom stereocenters. The second-order valence-electron chi connectivity index (χ2n) is 5.30. The van der Waals surface area contributed by atoms with E-state index in [2.05, 4.69) is 16.9 Å². The van der Waals surface area contributed by atoms with Crippen molar-refractivity contribution >= 4 is 28.1 Å². The van der Waals surface area contributed by atoms with Crippen LogP contribution >= 0.6 is 11.3 Å². The fourth-order valence-electron chi connectivity index (χ4n) is 2.85. The van der Waals surface area contributed by atoms with E-state index in [1.165, 1.54) is 17.8 Å². The summed E-state index contributed by atoms with van der Waals surface area (Å²) in [5, 5.41) is 11.3. The molecule has 0 radical (unpaired) electrons. The number of carbonyl (C=O) groups is 1. The molecule has 1 unspecified atom stereocenters. The highest BCUT2D eigenvalue weighted by Gasteiger charge is 2.26. The maximum Gasteiger partial charge on any atom is 0.356 e. The molecule has 1 saturated heterocycles. The summed E-state index contributed by atoms with van der Waals surface area (Å²) in [6, 6.07) is 0.474. The van der Waals surface area contributed by atoms with E-state index in [0.29, 0.717) is 11.9 Å². The van der Waals surface area contributed by atoms with Crippen molar-refractivity contribution in [3.63, 3.8) is 0 Å². The van der Waals surface area contributed by atoms with E-state index in [0.717, 1.165) is 24.5 Å². The highest BCUT2D eigenvalue weighted by Crippen LogP contribution is 2.25. The highest BCUT2D eigenvalue weighted by molar-refractivity contribution is 7.15. The molecule has 20 heavy (non-hydrogen) atoms. The van der Waals surface area contributed by atoms with Crippen LogP contribution in [0.15, 0.2) is 11.6 Å². The van der Waals surface area contributed by atoms with Crippen molar-refractivity contribution in [2.75, 3.05) is 32.1 Å². The summed E-state index contributed by atoms with van der Waals surface area (Å²) in [6.07, 6.45) is 4.13. The maximum atomic E-state index is 11.5. The predicted octanol–water partition coefficient (Wildman–Crippen LogP) is 1.62. The van der Waals surface area contributed by atoms with Crippen LogP contribution in [0.4, 0.5) is 5.82 Å². The number of imidazole rings is 1. The Morgan fingerprint density at radius 1 is 1.65 bits per heavy atom. The topological polar surface area (TPSA) is 61.1 Å². The number of likely N-dealkylation sites (N-methyl/N-ethyl adjacent to an activating group) is 2. The third-order valence-electron chi connectivity index (χ3n) is 3.96. The maximum absolute atomic E-state index is 11.5. The quantitative estimate of drug-likeness (QED) is 0.928. The van der Waals surface area contributed by atoms with Gasteiger partial charge >= 0.3 is 5.97 Å². The summed E-state index contributed by atoms with van der Waals surface area (Å²) in [6.45, 7) is 1.92. The van der Waals surface area contributed by atoms with Crippen molar-refractivity contribution in [1.82, 2.24) is 14.3 Å². The van der Waals surface area contributed by atoms with E-state index in [1.54, 1.807) is 10.6 Å². The Balaban J connectivity index is 1.90. The van der Waals surface area contributed by atoms with Crippen LogP contribution in [0.5, 0.6) is 0 Å². The Labute approximate surface area is 121 Å². The van der Waals surface area contributed by atoms with Crippen molar-refractivity contribution in [3.8, 4) is 0 Å². The molecular formula is C13H18N4O2S. The molecule has 0 aliphatic carbocycles. The number of hydrogen-bond acceptors (Lipinski definition) is 5. The molecule has 2 aromatic heterocycles. The molecule has 0 aromatic carbocycles. The summed E-state index contributed by atoms with van der Waals surface area (Å²) in [4.78, 5) is 21.0. The van der Waals surface area contributed by atoms with Gasteiger partial charge in [0.2, 0.25) is 0 Å². The molecule has 0 amide bonds. The van der Waals surface area contributed by atoms with E-state index in [1.807, 2.05) is 17.3 Å². The number of aromatic nitrogens is 2. The average Bonchev–Trinajstić information content (AvgIpc) is 3.04. The number of likely N-dealkylation sites (tertiary alicyclic amines) is 1. The zero-order valence-electron chi connectivity index (χ0n) is 11.6. The minimum absolute atomic E-state index is 0.254. The van der Waals surface area contributed by atoms with Gasteiger partial charge in [-0.05, 0) is 26.4 Å². The Hall–Kier alpha value is -1.60. The lowest BCUT2D eigenvalue weighted by atomic mass is 10.2. The second kappa shape index (κ2) is 5.06. The van der Waals surface area contributed by atoms with Crippen LogP contribution in [0.1, 0.15) is 23.3 Å². The number of carboxylic acid groups (broad SMARTS) is 1. The standard InChI is InChI=1S/C13H18N4O2S/c1-15-5-3-4-9(15)8-16(2)11-10(12(18)19)17-6-7-20-13(17)14-11/h6-7,9H,3-5,8H2,1-2H3,(H,18,19). The van der Waals surface area contributed by atoms with Crippen LogP contribution in [-0.2, 0) is 0 Å². The molecular weight excluding hydrogens is 276 g/mol. The summed E-state index contributed by atoms with van der Waals surface area (Å²) in [5.74, 6) is -0.373. The molecule has 6 nitrogen and oxygen atoms in total. The average molecular weight is 294 g/mol. The van der Waals surface area contributed by atoms with Crippen LogP contribution in [0.2, 0.25) is 0 Å². The lowest BCUT2D eigenvalue weighted by Crippen LogP contribution is -2.37. The third kappa shape index (κ3) is 2.16. The largest absolute Gasteiger partial charge is 0.476 e. The first kappa shape index (κ1) is 13.4. The van der Waals surface area contributed by atoms with Crippen molar-refractivity contribution in [1.29, 1.82) is 0 Å². The second-order valence-corrected chi connectivity index (χ2v) is 6.17. The first-order valence-electron chi connectivity index (χ1n) is 6.68. The number of hydrogen-bond donors (Lipinski definition) is 1. The van der Waals surface area contributed by atoms with Gasteiger partial charge in [-0.2, -0.15) is 0 Å². The monoisotopic (exact) mass is 294 g/mol. The van der Waals surface area contributed by atoms with E-state index in [4.69, 9.17) is 0 Å². The van der Waals surface area contributed by atoms with Gasteiger partial charge in [-0.3, -0.25) is 4.40 Å². The van der Waals surface area contributed by atoms with Crippen LogP contribution < -0.4 is 4.90 Å². The SMILES string of the molecule is CN(CC1CCCN1C)c1nc2sccn2c1C(=O)O. The van der Waals surface area contributed by atoms with Crippen molar-refractivity contribution in [3.05, 3.63) is 17.3 Å². The molecule has 2 aromatic rings. The molecule has 3 rings (SSSR count). The number of rotatable bonds is 4. The molecule has 1 aliphatic rings. The van der Waals surface area contributed by atoms with Crippen LogP contribution in [0.25, 0.3) is 4.96 Å². The summed E-state index contributed by atoms with van der Waals surface area (Å²) >= 11 is 1.45. The van der Waals surface area contributed by atoms with Crippen molar-refractivity contribution in [2.24, 2.45) is 0 Å². The summed E-state index contributed by atoms with van der Waals surface area (Å²) in [7, 11) is 4.04. The zero-order chi connectivity index (χ0) is 14.3. The van der Waals surface area contributed by atoms with Gasteiger partial charge in [-0.1, -0.05) is 0 Å². The van der Waals surface area contributed by atoms with Gasteiger partial charge in [0.25, 0.3) is 0 Å². The van der Waals surface area contributed by atoms with E-state index >= 15 is 0 Å². The summed E-state index contributed by atoms with van der Waals surface area (Å²) in [5.41, 5.74) is 0.254. The van der Waals surface area contributed by atoms with Gasteiger partial charge in [-0.15, -0.1) is 11.3 Å². The lowest BCUT2D eigenvalue weighted by molar-refractivity contribution is 0.0690. The van der Waals surface area contributed by atoms with Crippen molar-refractivity contribution in [2.45, 2.75) is 18.9 Å². The normalized spacial score (nSPS) is 19.8. The molecule has 0 bridgehead atoms. The minimum Gasteiger partial charge on any atom is -0.476 e. The number of nitrogens with zero attached hydrogens (tertiary/aromatic N) is 4. The smallest absolute Gasteiger partial charge is 0.356 e. The fraction of sp³-hybridized carbons (Fsp3) is 0.538. The Morgan fingerprint density at radius 2 is 2.45 bits per heavy atom. The first-order chi connectivity index (χ1) is 9.58. The van der Waals surface area contributed by atoms with Crippen LogP contribution in [0, 0.1) is 0 Å².